The minimum absolute atomic E-state index is 0.220. The average molecular weight is 523 g/mol. The number of amides is 1. The number of primary amides is 1. The molecule has 1 heterocycles. The minimum atomic E-state index is -0.459. The maximum absolute atomic E-state index is 11.5. The number of carbonyl (C=O) groups excluding carboxylic acids is 1. The van der Waals surface area contributed by atoms with Gasteiger partial charge < -0.3 is 19.9 Å². The van der Waals surface area contributed by atoms with Crippen LogP contribution in [0, 0.1) is 0 Å². The highest BCUT2D eigenvalue weighted by Gasteiger charge is 2.20. The summed E-state index contributed by atoms with van der Waals surface area (Å²) in [5.41, 5.74) is 9.61. The maximum Gasteiger partial charge on any atom is 0.248 e. The number of nitrogens with zero attached hydrogens (tertiary/aromatic N) is 1. The van der Waals surface area contributed by atoms with Crippen LogP contribution >= 0.6 is 0 Å². The van der Waals surface area contributed by atoms with Crippen molar-refractivity contribution in [3.8, 4) is 17.2 Å². The Kier molecular flexibility index (Phi) is 8.76. The number of benzene rings is 4. The Morgan fingerprint density at radius 1 is 0.821 bits per heavy atom. The molecule has 200 valence electrons. The van der Waals surface area contributed by atoms with E-state index < -0.39 is 5.91 Å². The van der Waals surface area contributed by atoms with E-state index in [0.29, 0.717) is 31.1 Å². The first-order chi connectivity index (χ1) is 19.2. The molecule has 0 saturated carbocycles. The highest BCUT2D eigenvalue weighted by atomic mass is 16.6. The van der Waals surface area contributed by atoms with Crippen molar-refractivity contribution in [2.24, 2.45) is 5.73 Å². The number of fused-ring (bicyclic) bond motifs is 1. The van der Waals surface area contributed by atoms with Crippen molar-refractivity contribution in [1.82, 2.24) is 4.90 Å². The van der Waals surface area contributed by atoms with E-state index in [2.05, 4.69) is 77.7 Å². The van der Waals surface area contributed by atoms with E-state index in [1.165, 1.54) is 16.7 Å². The molecule has 2 N–H and O–H groups in total. The van der Waals surface area contributed by atoms with Gasteiger partial charge in [0.15, 0.2) is 11.5 Å². The SMILES string of the molecule is NC(=O)c1cccc(OCCCN(Cc2ccc3c(c2)OCCO3)CC(c2ccccc2)c2ccccc2)c1. The summed E-state index contributed by atoms with van der Waals surface area (Å²) in [7, 11) is 0. The van der Waals surface area contributed by atoms with Crippen molar-refractivity contribution < 1.29 is 19.0 Å². The minimum Gasteiger partial charge on any atom is -0.494 e. The first-order valence-corrected chi connectivity index (χ1v) is 13.4. The fraction of sp³-hybridized carbons (Fsp3) is 0.242. The normalized spacial score (nSPS) is 12.5. The summed E-state index contributed by atoms with van der Waals surface area (Å²) >= 11 is 0. The molecule has 1 aliphatic rings. The van der Waals surface area contributed by atoms with Crippen molar-refractivity contribution >= 4 is 5.91 Å². The van der Waals surface area contributed by atoms with Gasteiger partial charge in [-0.3, -0.25) is 9.69 Å². The fourth-order valence-corrected chi connectivity index (χ4v) is 4.93. The van der Waals surface area contributed by atoms with E-state index in [9.17, 15) is 4.79 Å². The number of ether oxygens (including phenoxy) is 3. The van der Waals surface area contributed by atoms with Gasteiger partial charge in [-0.2, -0.15) is 0 Å². The van der Waals surface area contributed by atoms with Crippen molar-refractivity contribution in [3.63, 3.8) is 0 Å². The third-order valence-electron chi connectivity index (χ3n) is 6.86. The molecule has 6 heteroatoms. The zero-order valence-corrected chi connectivity index (χ0v) is 22.0. The molecule has 4 aromatic carbocycles. The molecule has 5 rings (SSSR count). The molecule has 39 heavy (non-hydrogen) atoms. The van der Waals surface area contributed by atoms with Crippen LogP contribution in [0.15, 0.2) is 103 Å². The standard InChI is InChI=1S/C33H34N2O4/c34-33(36)28-13-7-14-29(22-28)37-18-8-17-35(23-25-15-16-31-32(21-25)39-20-19-38-31)24-30(26-9-3-1-4-10-26)27-11-5-2-6-12-27/h1-7,9-16,21-22,30H,8,17-20,23-24H2,(H2,34,36). The topological polar surface area (TPSA) is 74.0 Å². The second kappa shape index (κ2) is 13.0. The van der Waals surface area contributed by atoms with Gasteiger partial charge in [0.1, 0.15) is 19.0 Å². The molecule has 0 radical (unpaired) electrons. The average Bonchev–Trinajstić information content (AvgIpc) is 2.99. The number of carbonyl (C=O) groups is 1. The van der Waals surface area contributed by atoms with E-state index in [0.717, 1.165) is 37.6 Å². The summed E-state index contributed by atoms with van der Waals surface area (Å²) in [6.45, 7) is 4.13. The molecule has 0 saturated heterocycles. The lowest BCUT2D eigenvalue weighted by atomic mass is 9.90. The van der Waals surface area contributed by atoms with Gasteiger partial charge in [-0.1, -0.05) is 72.8 Å². The number of hydrogen-bond acceptors (Lipinski definition) is 5. The van der Waals surface area contributed by atoms with E-state index in [1.54, 1.807) is 18.2 Å². The van der Waals surface area contributed by atoms with Crippen LogP contribution in [-0.4, -0.2) is 43.7 Å². The Hall–Kier alpha value is -4.29. The second-order valence-electron chi connectivity index (χ2n) is 9.68. The number of rotatable bonds is 12. The van der Waals surface area contributed by atoms with Gasteiger partial charge in [0.2, 0.25) is 5.91 Å². The van der Waals surface area contributed by atoms with E-state index >= 15 is 0 Å². The molecule has 0 atom stereocenters. The van der Waals surface area contributed by atoms with E-state index in [-0.39, 0.29) is 5.92 Å². The lowest BCUT2D eigenvalue weighted by Gasteiger charge is -2.29. The molecule has 0 unspecified atom stereocenters. The fourth-order valence-electron chi connectivity index (χ4n) is 4.93. The zero-order valence-electron chi connectivity index (χ0n) is 22.0. The van der Waals surface area contributed by atoms with Gasteiger partial charge in [0.25, 0.3) is 0 Å². The zero-order chi connectivity index (χ0) is 26.9. The van der Waals surface area contributed by atoms with Crippen LogP contribution < -0.4 is 19.9 Å². The summed E-state index contributed by atoms with van der Waals surface area (Å²) in [5, 5.41) is 0. The summed E-state index contributed by atoms with van der Waals surface area (Å²) in [6.07, 6.45) is 0.821. The molecule has 4 aromatic rings. The molecule has 0 bridgehead atoms. The highest BCUT2D eigenvalue weighted by molar-refractivity contribution is 5.93. The van der Waals surface area contributed by atoms with Crippen LogP contribution in [0.3, 0.4) is 0 Å². The van der Waals surface area contributed by atoms with Gasteiger partial charge in [-0.05, 0) is 53.4 Å². The van der Waals surface area contributed by atoms with Crippen LogP contribution in [-0.2, 0) is 6.54 Å². The number of hydrogen-bond donors (Lipinski definition) is 1. The predicted octanol–water partition coefficient (Wildman–Crippen LogP) is 5.66. The van der Waals surface area contributed by atoms with Gasteiger partial charge in [0.05, 0.1) is 6.61 Å². The van der Waals surface area contributed by atoms with Gasteiger partial charge in [0, 0.05) is 31.1 Å². The van der Waals surface area contributed by atoms with Gasteiger partial charge >= 0.3 is 0 Å². The van der Waals surface area contributed by atoms with Crippen molar-refractivity contribution in [3.05, 3.63) is 125 Å². The molecule has 1 aliphatic heterocycles. The predicted molar refractivity (Wildman–Crippen MR) is 153 cm³/mol. The van der Waals surface area contributed by atoms with Gasteiger partial charge in [-0.25, -0.2) is 0 Å². The second-order valence-corrected chi connectivity index (χ2v) is 9.68. The highest BCUT2D eigenvalue weighted by Crippen LogP contribution is 2.32. The third kappa shape index (κ3) is 7.18. The maximum atomic E-state index is 11.5. The Morgan fingerprint density at radius 3 is 2.21 bits per heavy atom. The van der Waals surface area contributed by atoms with E-state index in [1.807, 2.05) is 12.1 Å². The van der Waals surface area contributed by atoms with Crippen LogP contribution in [0.4, 0.5) is 0 Å². The molecular formula is C33H34N2O4. The van der Waals surface area contributed by atoms with Crippen molar-refractivity contribution in [2.75, 3.05) is 32.9 Å². The first kappa shape index (κ1) is 26.3. The quantitative estimate of drug-likeness (QED) is 0.243. The smallest absolute Gasteiger partial charge is 0.248 e. The summed E-state index contributed by atoms with van der Waals surface area (Å²) in [6, 6.07) is 34.6. The summed E-state index contributed by atoms with van der Waals surface area (Å²) < 4.78 is 17.5. The molecular weight excluding hydrogens is 488 g/mol. The molecule has 0 aliphatic carbocycles. The van der Waals surface area contributed by atoms with Crippen LogP contribution in [0.5, 0.6) is 17.2 Å². The Bertz CT molecular complexity index is 1320. The molecule has 0 fully saturated rings. The third-order valence-corrected chi connectivity index (χ3v) is 6.86. The molecule has 1 amide bonds. The Labute approximate surface area is 229 Å². The molecule has 0 aromatic heterocycles. The molecule has 6 nitrogen and oxygen atoms in total. The lowest BCUT2D eigenvalue weighted by molar-refractivity contribution is 0.0999. The van der Waals surface area contributed by atoms with Crippen LogP contribution in [0.1, 0.15) is 39.4 Å². The Balaban J connectivity index is 1.32. The first-order valence-electron chi connectivity index (χ1n) is 13.4. The summed E-state index contributed by atoms with van der Waals surface area (Å²) in [5.74, 6) is 2.02. The largest absolute Gasteiger partial charge is 0.494 e. The Morgan fingerprint density at radius 2 is 1.51 bits per heavy atom. The van der Waals surface area contributed by atoms with Gasteiger partial charge in [-0.15, -0.1) is 0 Å². The monoisotopic (exact) mass is 522 g/mol. The lowest BCUT2D eigenvalue weighted by Crippen LogP contribution is -2.31. The van der Waals surface area contributed by atoms with Crippen LogP contribution in [0.25, 0.3) is 0 Å². The molecule has 0 spiro atoms. The van der Waals surface area contributed by atoms with Crippen molar-refractivity contribution in [2.45, 2.75) is 18.9 Å². The number of nitrogens with two attached hydrogens (primary N) is 1. The van der Waals surface area contributed by atoms with Crippen LogP contribution in [0.2, 0.25) is 0 Å². The van der Waals surface area contributed by atoms with Crippen molar-refractivity contribution in [1.29, 1.82) is 0 Å². The summed E-state index contributed by atoms with van der Waals surface area (Å²) in [4.78, 5) is 14.0. The van der Waals surface area contributed by atoms with E-state index in [4.69, 9.17) is 19.9 Å².